The molecule has 0 heterocycles. The van der Waals surface area contributed by atoms with Crippen molar-refractivity contribution in [2.24, 2.45) is 0 Å². The van der Waals surface area contributed by atoms with Crippen molar-refractivity contribution in [1.29, 1.82) is 0 Å². The highest BCUT2D eigenvalue weighted by Gasteiger charge is 2.48. The van der Waals surface area contributed by atoms with E-state index in [0.29, 0.717) is 6.08 Å². The van der Waals surface area contributed by atoms with Crippen molar-refractivity contribution in [1.82, 2.24) is 0 Å². The Balaban J connectivity index is 4.09. The highest BCUT2D eigenvalue weighted by atomic mass is 19.4. The van der Waals surface area contributed by atoms with E-state index in [1.807, 2.05) is 0 Å². The van der Waals surface area contributed by atoms with Crippen molar-refractivity contribution in [3.05, 3.63) is 52.9 Å². The summed E-state index contributed by atoms with van der Waals surface area (Å²) >= 11 is 0. The molecule has 11 heteroatoms. The first-order valence-corrected chi connectivity index (χ1v) is 5.75. The molecular formula is C13H5F11. The van der Waals surface area contributed by atoms with Crippen LogP contribution in [0, 0.1) is 29.1 Å². The zero-order valence-electron chi connectivity index (χ0n) is 11.1. The van der Waals surface area contributed by atoms with Crippen LogP contribution >= 0.6 is 0 Å². The van der Waals surface area contributed by atoms with Crippen LogP contribution in [0.1, 0.15) is 12.0 Å². The molecule has 0 amide bonds. The summed E-state index contributed by atoms with van der Waals surface area (Å²) in [6.07, 6.45) is -13.1. The number of benzene rings is 1. The van der Waals surface area contributed by atoms with E-state index < -0.39 is 64.6 Å². The van der Waals surface area contributed by atoms with E-state index in [2.05, 4.69) is 6.58 Å². The molecule has 0 saturated carbocycles. The standard InChI is InChI=1S/C13H5F11/c1-2-3-4(12(19,20)21)6(13(22,23)24)5-7(14)9(16)11(18)10(17)8(5)15/h2H,1,3H2/b6-4+. The van der Waals surface area contributed by atoms with Crippen LogP contribution in [0.25, 0.3) is 5.57 Å². The Morgan fingerprint density at radius 2 is 1.08 bits per heavy atom. The minimum atomic E-state index is -6.06. The van der Waals surface area contributed by atoms with Crippen LogP contribution in [0.2, 0.25) is 0 Å². The summed E-state index contributed by atoms with van der Waals surface area (Å²) in [6.45, 7) is 2.77. The normalized spacial score (nSPS) is 13.8. The van der Waals surface area contributed by atoms with Crippen LogP contribution < -0.4 is 0 Å². The number of alkyl halides is 6. The molecule has 0 spiro atoms. The molecule has 134 valence electrons. The molecule has 1 rings (SSSR count). The van der Waals surface area contributed by atoms with Crippen molar-refractivity contribution in [3.63, 3.8) is 0 Å². The first-order valence-electron chi connectivity index (χ1n) is 5.75. The van der Waals surface area contributed by atoms with Gasteiger partial charge in [-0.2, -0.15) is 26.3 Å². The van der Waals surface area contributed by atoms with Crippen molar-refractivity contribution >= 4 is 5.57 Å². The molecule has 0 unspecified atom stereocenters. The van der Waals surface area contributed by atoms with Gasteiger partial charge in [-0.15, -0.1) is 6.58 Å². The first kappa shape index (κ1) is 20.0. The number of rotatable bonds is 3. The lowest BCUT2D eigenvalue weighted by Gasteiger charge is -2.21. The molecule has 24 heavy (non-hydrogen) atoms. The molecule has 0 saturated heterocycles. The third-order valence-electron chi connectivity index (χ3n) is 2.74. The molecule has 0 aliphatic carbocycles. The average molecular weight is 370 g/mol. The molecule has 0 radical (unpaired) electrons. The summed E-state index contributed by atoms with van der Waals surface area (Å²) < 4.78 is 143. The zero-order valence-corrected chi connectivity index (χ0v) is 11.1. The van der Waals surface area contributed by atoms with Crippen molar-refractivity contribution in [2.45, 2.75) is 18.8 Å². The predicted molar refractivity (Wildman–Crippen MR) is 60.1 cm³/mol. The molecule has 0 aliphatic heterocycles. The van der Waals surface area contributed by atoms with Gasteiger partial charge in [0.2, 0.25) is 5.82 Å². The number of allylic oxidation sites excluding steroid dienone is 3. The van der Waals surface area contributed by atoms with Gasteiger partial charge in [0.15, 0.2) is 23.3 Å². The fourth-order valence-electron chi connectivity index (χ4n) is 1.79. The summed E-state index contributed by atoms with van der Waals surface area (Å²) in [4.78, 5) is 0. The highest BCUT2D eigenvalue weighted by Crippen LogP contribution is 2.45. The van der Waals surface area contributed by atoms with Gasteiger partial charge in [0.1, 0.15) is 0 Å². The minimum absolute atomic E-state index is 0.334. The van der Waals surface area contributed by atoms with Gasteiger partial charge in [-0.3, -0.25) is 0 Å². The summed E-state index contributed by atoms with van der Waals surface area (Å²) in [5.74, 6) is -14.4. The third-order valence-corrected chi connectivity index (χ3v) is 2.74. The average Bonchev–Trinajstić information content (AvgIpc) is 2.43. The summed E-state index contributed by atoms with van der Waals surface area (Å²) in [5, 5.41) is 0. The smallest absolute Gasteiger partial charge is 0.203 e. The van der Waals surface area contributed by atoms with Gasteiger partial charge in [0.25, 0.3) is 0 Å². The number of halogens is 11. The Morgan fingerprint density at radius 3 is 1.38 bits per heavy atom. The van der Waals surface area contributed by atoms with Crippen molar-refractivity contribution in [3.8, 4) is 0 Å². The Morgan fingerprint density at radius 1 is 0.708 bits per heavy atom. The largest absolute Gasteiger partial charge is 0.417 e. The van der Waals surface area contributed by atoms with Crippen LogP contribution in [0.3, 0.4) is 0 Å². The van der Waals surface area contributed by atoms with Crippen molar-refractivity contribution < 1.29 is 48.3 Å². The Labute approximate surface area is 126 Å². The van der Waals surface area contributed by atoms with Gasteiger partial charge < -0.3 is 0 Å². The maximum atomic E-state index is 13.5. The van der Waals surface area contributed by atoms with E-state index in [-0.39, 0.29) is 0 Å². The fraction of sp³-hybridized carbons (Fsp3) is 0.231. The SMILES string of the molecule is C=CC/C(=C(/c1c(F)c(F)c(F)c(F)c1F)C(F)(F)F)C(F)(F)F. The molecule has 0 aromatic heterocycles. The van der Waals surface area contributed by atoms with E-state index in [0.717, 1.165) is 0 Å². The van der Waals surface area contributed by atoms with Gasteiger partial charge in [0, 0.05) is 5.57 Å². The lowest BCUT2D eigenvalue weighted by atomic mass is 9.95. The third kappa shape index (κ3) is 3.54. The molecular weight excluding hydrogens is 365 g/mol. The monoisotopic (exact) mass is 370 g/mol. The maximum Gasteiger partial charge on any atom is 0.417 e. The summed E-state index contributed by atoms with van der Waals surface area (Å²) in [7, 11) is 0. The Bertz CT molecular complexity index is 662. The predicted octanol–water partition coefficient (Wildman–Crippen LogP) is 5.84. The van der Waals surface area contributed by atoms with Crippen LogP contribution in [0.4, 0.5) is 48.3 Å². The second-order valence-electron chi connectivity index (χ2n) is 4.29. The molecule has 1 aromatic rings. The van der Waals surface area contributed by atoms with Crippen LogP contribution in [0.5, 0.6) is 0 Å². The van der Waals surface area contributed by atoms with Crippen LogP contribution in [0.15, 0.2) is 18.2 Å². The van der Waals surface area contributed by atoms with Crippen LogP contribution in [-0.2, 0) is 0 Å². The molecule has 0 atom stereocenters. The fourth-order valence-corrected chi connectivity index (χ4v) is 1.79. The topological polar surface area (TPSA) is 0 Å². The Kier molecular flexibility index (Phi) is 5.36. The van der Waals surface area contributed by atoms with E-state index >= 15 is 0 Å². The zero-order chi connectivity index (χ0) is 19.0. The molecule has 0 N–H and O–H groups in total. The van der Waals surface area contributed by atoms with Crippen LogP contribution in [-0.4, -0.2) is 12.4 Å². The molecule has 0 nitrogen and oxygen atoms in total. The van der Waals surface area contributed by atoms with E-state index in [1.165, 1.54) is 0 Å². The lowest BCUT2D eigenvalue weighted by Crippen LogP contribution is -2.24. The van der Waals surface area contributed by atoms with E-state index in [1.54, 1.807) is 0 Å². The summed E-state index contributed by atoms with van der Waals surface area (Å²) in [6, 6.07) is 0. The number of hydrogen-bond donors (Lipinski definition) is 0. The number of hydrogen-bond acceptors (Lipinski definition) is 0. The molecule has 0 aliphatic rings. The first-order chi connectivity index (χ1) is 10.7. The highest BCUT2D eigenvalue weighted by molar-refractivity contribution is 5.74. The quantitative estimate of drug-likeness (QED) is 0.272. The second kappa shape index (κ2) is 6.44. The molecule has 0 bridgehead atoms. The van der Waals surface area contributed by atoms with Gasteiger partial charge >= 0.3 is 12.4 Å². The summed E-state index contributed by atoms with van der Waals surface area (Å²) in [5.41, 5.74) is -8.26. The van der Waals surface area contributed by atoms with E-state index in [4.69, 9.17) is 0 Å². The lowest BCUT2D eigenvalue weighted by molar-refractivity contribution is -0.102. The second-order valence-corrected chi connectivity index (χ2v) is 4.29. The van der Waals surface area contributed by atoms with Gasteiger partial charge in [-0.1, -0.05) is 6.08 Å². The minimum Gasteiger partial charge on any atom is -0.203 e. The van der Waals surface area contributed by atoms with E-state index in [9.17, 15) is 48.3 Å². The maximum absolute atomic E-state index is 13.5. The van der Waals surface area contributed by atoms with Gasteiger partial charge in [-0.05, 0) is 6.42 Å². The van der Waals surface area contributed by atoms with Crippen molar-refractivity contribution in [2.75, 3.05) is 0 Å². The molecule has 1 aromatic carbocycles. The Hall–Kier alpha value is -2.07. The van der Waals surface area contributed by atoms with Gasteiger partial charge in [-0.25, -0.2) is 22.0 Å². The molecule has 0 fully saturated rings. The van der Waals surface area contributed by atoms with Gasteiger partial charge in [0.05, 0.1) is 11.1 Å².